The maximum atomic E-state index is 4.72. The molecule has 0 amide bonds. The van der Waals surface area contributed by atoms with Gasteiger partial charge in [-0.15, -0.1) is 0 Å². The van der Waals surface area contributed by atoms with Crippen LogP contribution in [0.5, 0.6) is 0 Å². The lowest BCUT2D eigenvalue weighted by Crippen LogP contribution is -1.99. The number of rotatable bonds is 4. The Hall–Kier alpha value is -2.41. The lowest BCUT2D eigenvalue weighted by molar-refractivity contribution is 0.648. The standard InChI is InChI=1S/C22H23N/c1-16(2)13-20-14-22(19-11-9-17(3)10-12-19)23-15-21(20)18-7-5-4-6-8-18/h4-12,14-16H,13H2,1-3H3. The zero-order valence-corrected chi connectivity index (χ0v) is 14.1. The SMILES string of the molecule is Cc1ccc(-c2cc(CC(C)C)c(-c3ccccc3)cn2)cc1. The summed E-state index contributed by atoms with van der Waals surface area (Å²) in [7, 11) is 0. The number of hydrogen-bond donors (Lipinski definition) is 0. The van der Waals surface area contributed by atoms with Gasteiger partial charge in [0.15, 0.2) is 0 Å². The number of pyridine rings is 1. The van der Waals surface area contributed by atoms with Gasteiger partial charge in [0.2, 0.25) is 0 Å². The first-order valence-corrected chi connectivity index (χ1v) is 8.25. The minimum absolute atomic E-state index is 0.616. The molecule has 0 saturated heterocycles. The van der Waals surface area contributed by atoms with E-state index in [4.69, 9.17) is 4.98 Å². The summed E-state index contributed by atoms with van der Waals surface area (Å²) in [5.41, 5.74) is 7.37. The molecule has 0 bridgehead atoms. The Balaban J connectivity index is 2.06. The van der Waals surface area contributed by atoms with Crippen LogP contribution in [0.15, 0.2) is 66.9 Å². The van der Waals surface area contributed by atoms with Crippen LogP contribution in [-0.4, -0.2) is 4.98 Å². The summed E-state index contributed by atoms with van der Waals surface area (Å²) in [4.78, 5) is 4.72. The predicted molar refractivity (Wildman–Crippen MR) is 98.4 cm³/mol. The van der Waals surface area contributed by atoms with E-state index in [2.05, 4.69) is 81.4 Å². The Morgan fingerprint density at radius 3 is 2.22 bits per heavy atom. The molecule has 0 aliphatic rings. The molecule has 23 heavy (non-hydrogen) atoms. The van der Waals surface area contributed by atoms with Gasteiger partial charge >= 0.3 is 0 Å². The molecule has 0 fully saturated rings. The van der Waals surface area contributed by atoms with Crippen molar-refractivity contribution >= 4 is 0 Å². The van der Waals surface area contributed by atoms with Gasteiger partial charge in [-0.2, -0.15) is 0 Å². The van der Waals surface area contributed by atoms with Gasteiger partial charge in [-0.05, 0) is 36.5 Å². The van der Waals surface area contributed by atoms with Crippen molar-refractivity contribution in [1.82, 2.24) is 4.98 Å². The molecule has 2 aromatic carbocycles. The smallest absolute Gasteiger partial charge is 0.0705 e. The van der Waals surface area contributed by atoms with Crippen LogP contribution in [0.2, 0.25) is 0 Å². The van der Waals surface area contributed by atoms with Crippen molar-refractivity contribution in [3.63, 3.8) is 0 Å². The summed E-state index contributed by atoms with van der Waals surface area (Å²) in [6.07, 6.45) is 3.09. The van der Waals surface area contributed by atoms with Crippen LogP contribution in [0, 0.1) is 12.8 Å². The number of nitrogens with zero attached hydrogens (tertiary/aromatic N) is 1. The van der Waals surface area contributed by atoms with Crippen LogP contribution in [0.4, 0.5) is 0 Å². The maximum Gasteiger partial charge on any atom is 0.0705 e. The third-order valence-corrected chi connectivity index (χ3v) is 4.05. The first-order valence-electron chi connectivity index (χ1n) is 8.25. The van der Waals surface area contributed by atoms with Crippen LogP contribution < -0.4 is 0 Å². The van der Waals surface area contributed by atoms with Crippen molar-refractivity contribution in [2.75, 3.05) is 0 Å². The van der Waals surface area contributed by atoms with Crippen molar-refractivity contribution in [3.8, 4) is 22.4 Å². The molecule has 3 aromatic rings. The average Bonchev–Trinajstić information content (AvgIpc) is 2.56. The molecule has 0 spiro atoms. The zero-order chi connectivity index (χ0) is 16.2. The van der Waals surface area contributed by atoms with Gasteiger partial charge in [0.25, 0.3) is 0 Å². The quantitative estimate of drug-likeness (QED) is 0.582. The Labute approximate surface area is 139 Å². The second-order valence-corrected chi connectivity index (χ2v) is 6.56. The fraction of sp³-hybridized carbons (Fsp3) is 0.227. The van der Waals surface area contributed by atoms with Crippen LogP contribution in [0.1, 0.15) is 25.0 Å². The number of benzene rings is 2. The topological polar surface area (TPSA) is 12.9 Å². The van der Waals surface area contributed by atoms with Crippen LogP contribution in [0.3, 0.4) is 0 Å². The molecule has 116 valence electrons. The molecule has 0 aliphatic carbocycles. The molecule has 0 radical (unpaired) electrons. The molecule has 3 rings (SSSR count). The van der Waals surface area contributed by atoms with E-state index in [-0.39, 0.29) is 0 Å². The summed E-state index contributed by atoms with van der Waals surface area (Å²) in [5.74, 6) is 0.616. The minimum atomic E-state index is 0.616. The Kier molecular flexibility index (Phi) is 4.57. The van der Waals surface area contributed by atoms with E-state index in [1.807, 2.05) is 6.20 Å². The zero-order valence-electron chi connectivity index (χ0n) is 14.1. The predicted octanol–water partition coefficient (Wildman–Crippen LogP) is 5.92. The van der Waals surface area contributed by atoms with Crippen molar-refractivity contribution in [3.05, 3.63) is 78.0 Å². The van der Waals surface area contributed by atoms with Crippen molar-refractivity contribution in [2.24, 2.45) is 5.92 Å². The van der Waals surface area contributed by atoms with Crippen LogP contribution in [-0.2, 0) is 6.42 Å². The van der Waals surface area contributed by atoms with Crippen LogP contribution >= 0.6 is 0 Å². The van der Waals surface area contributed by atoms with E-state index >= 15 is 0 Å². The molecule has 0 unspecified atom stereocenters. The highest BCUT2D eigenvalue weighted by atomic mass is 14.7. The minimum Gasteiger partial charge on any atom is -0.256 e. The maximum absolute atomic E-state index is 4.72. The second-order valence-electron chi connectivity index (χ2n) is 6.56. The normalized spacial score (nSPS) is 11.0. The van der Waals surface area contributed by atoms with Gasteiger partial charge in [0.05, 0.1) is 5.69 Å². The average molecular weight is 301 g/mol. The molecule has 0 saturated carbocycles. The van der Waals surface area contributed by atoms with E-state index in [9.17, 15) is 0 Å². The third-order valence-electron chi connectivity index (χ3n) is 4.05. The van der Waals surface area contributed by atoms with Gasteiger partial charge in [0.1, 0.15) is 0 Å². The fourth-order valence-electron chi connectivity index (χ4n) is 2.87. The van der Waals surface area contributed by atoms with Crippen molar-refractivity contribution in [2.45, 2.75) is 27.2 Å². The van der Waals surface area contributed by atoms with Gasteiger partial charge in [-0.25, -0.2) is 0 Å². The van der Waals surface area contributed by atoms with Gasteiger partial charge < -0.3 is 0 Å². The lowest BCUT2D eigenvalue weighted by Gasteiger charge is -2.14. The molecular formula is C22H23N. The monoisotopic (exact) mass is 301 g/mol. The van der Waals surface area contributed by atoms with Crippen molar-refractivity contribution in [1.29, 1.82) is 0 Å². The van der Waals surface area contributed by atoms with E-state index in [1.165, 1.54) is 27.8 Å². The summed E-state index contributed by atoms with van der Waals surface area (Å²) < 4.78 is 0. The molecule has 1 aromatic heterocycles. The molecule has 1 heterocycles. The van der Waals surface area contributed by atoms with Crippen LogP contribution in [0.25, 0.3) is 22.4 Å². The molecule has 1 heteroatoms. The van der Waals surface area contributed by atoms with E-state index in [1.54, 1.807) is 0 Å². The van der Waals surface area contributed by atoms with E-state index in [0.717, 1.165) is 12.1 Å². The molecule has 0 N–H and O–H groups in total. The van der Waals surface area contributed by atoms with E-state index < -0.39 is 0 Å². The highest BCUT2D eigenvalue weighted by Gasteiger charge is 2.10. The molecule has 0 aliphatic heterocycles. The fourth-order valence-corrected chi connectivity index (χ4v) is 2.87. The van der Waals surface area contributed by atoms with Gasteiger partial charge in [-0.3, -0.25) is 4.98 Å². The molecular weight excluding hydrogens is 278 g/mol. The summed E-state index contributed by atoms with van der Waals surface area (Å²) >= 11 is 0. The van der Waals surface area contributed by atoms with E-state index in [0.29, 0.717) is 5.92 Å². The molecule has 0 atom stereocenters. The Morgan fingerprint density at radius 2 is 1.57 bits per heavy atom. The number of aromatic nitrogens is 1. The largest absolute Gasteiger partial charge is 0.256 e. The number of hydrogen-bond acceptors (Lipinski definition) is 1. The first-order chi connectivity index (χ1) is 11.1. The Bertz CT molecular complexity index is 771. The van der Waals surface area contributed by atoms with Crippen molar-refractivity contribution < 1.29 is 0 Å². The van der Waals surface area contributed by atoms with Gasteiger partial charge in [0, 0.05) is 17.3 Å². The number of aryl methyl sites for hydroxylation is 1. The van der Waals surface area contributed by atoms with Gasteiger partial charge in [-0.1, -0.05) is 74.0 Å². The molecule has 1 nitrogen and oxygen atoms in total. The second kappa shape index (κ2) is 6.78. The Morgan fingerprint density at radius 1 is 0.870 bits per heavy atom. The summed E-state index contributed by atoms with van der Waals surface area (Å²) in [6, 6.07) is 21.4. The first kappa shape index (κ1) is 15.5. The third kappa shape index (κ3) is 3.68. The highest BCUT2D eigenvalue weighted by Crippen LogP contribution is 2.28. The highest BCUT2D eigenvalue weighted by molar-refractivity contribution is 5.70. The lowest BCUT2D eigenvalue weighted by atomic mass is 9.93. The summed E-state index contributed by atoms with van der Waals surface area (Å²) in [6.45, 7) is 6.64. The summed E-state index contributed by atoms with van der Waals surface area (Å²) in [5, 5.41) is 0.